The Kier molecular flexibility index (Phi) is 6.20. The third-order valence-corrected chi connectivity index (χ3v) is 6.52. The van der Waals surface area contributed by atoms with Crippen LogP contribution in [0.15, 0.2) is 46.8 Å². The van der Waals surface area contributed by atoms with E-state index in [2.05, 4.69) is 68.3 Å². The zero-order valence-electron chi connectivity index (χ0n) is 16.9. The van der Waals surface area contributed by atoms with Gasteiger partial charge >= 0.3 is 0 Å². The van der Waals surface area contributed by atoms with Crippen molar-refractivity contribution in [3.8, 4) is 0 Å². The average Bonchev–Trinajstić information content (AvgIpc) is 3.09. The number of nitrogens with one attached hydrogen (secondary N) is 1. The van der Waals surface area contributed by atoms with Gasteiger partial charge in [0.25, 0.3) is 5.91 Å². The highest BCUT2D eigenvalue weighted by Crippen LogP contribution is 2.30. The molecule has 146 valence electrons. The molecule has 2 aromatic carbocycles. The van der Waals surface area contributed by atoms with Gasteiger partial charge in [-0.2, -0.15) is 0 Å². The van der Waals surface area contributed by atoms with Crippen LogP contribution in [0.25, 0.3) is 0 Å². The van der Waals surface area contributed by atoms with E-state index < -0.39 is 0 Å². The van der Waals surface area contributed by atoms with Gasteiger partial charge in [-0.1, -0.05) is 79.8 Å². The predicted molar refractivity (Wildman–Crippen MR) is 118 cm³/mol. The van der Waals surface area contributed by atoms with E-state index >= 15 is 0 Å². The highest BCUT2D eigenvalue weighted by Gasteiger charge is 2.15. The van der Waals surface area contributed by atoms with Crippen LogP contribution in [0.3, 0.4) is 0 Å². The molecule has 28 heavy (non-hydrogen) atoms. The fourth-order valence-electron chi connectivity index (χ4n) is 2.70. The number of amides is 1. The number of anilines is 1. The molecule has 0 atom stereocenters. The lowest BCUT2D eigenvalue weighted by molar-refractivity contribution is 0.102. The molecule has 6 heteroatoms. The summed E-state index contributed by atoms with van der Waals surface area (Å²) < 4.78 is 0.847. The summed E-state index contributed by atoms with van der Waals surface area (Å²) in [5, 5.41) is 11.7. The maximum atomic E-state index is 12.5. The molecule has 0 radical (unpaired) electrons. The number of rotatable bonds is 5. The molecule has 0 saturated heterocycles. The minimum atomic E-state index is -0.164. The Hall–Kier alpha value is -2.18. The van der Waals surface area contributed by atoms with Crippen LogP contribution in [0.4, 0.5) is 5.13 Å². The van der Waals surface area contributed by atoms with Crippen molar-refractivity contribution in [3.05, 3.63) is 70.3 Å². The zero-order chi connectivity index (χ0) is 20.3. The van der Waals surface area contributed by atoms with Gasteiger partial charge in [0.2, 0.25) is 5.13 Å². The van der Waals surface area contributed by atoms with E-state index in [0.29, 0.717) is 10.7 Å². The van der Waals surface area contributed by atoms with Crippen molar-refractivity contribution in [1.29, 1.82) is 0 Å². The Balaban J connectivity index is 1.61. The van der Waals surface area contributed by atoms with Gasteiger partial charge in [0, 0.05) is 11.3 Å². The lowest BCUT2D eigenvalue weighted by Crippen LogP contribution is -2.14. The van der Waals surface area contributed by atoms with Gasteiger partial charge in [0.1, 0.15) is 0 Å². The fraction of sp³-hybridized carbons (Fsp3) is 0.318. The van der Waals surface area contributed by atoms with Crippen LogP contribution in [-0.2, 0) is 11.2 Å². The van der Waals surface area contributed by atoms with Crippen LogP contribution in [0.1, 0.15) is 53.4 Å². The van der Waals surface area contributed by atoms with Crippen LogP contribution >= 0.6 is 23.1 Å². The minimum Gasteiger partial charge on any atom is -0.296 e. The Labute approximate surface area is 174 Å². The van der Waals surface area contributed by atoms with Gasteiger partial charge in [-0.3, -0.25) is 10.1 Å². The molecular formula is C22H25N3OS2. The standard InChI is InChI=1S/C22H25N3OS2/c1-14-6-7-15(2)17(12-14)13-27-21-25-24-20(28-21)23-19(26)16-8-10-18(11-9-16)22(3,4)5/h6-12H,13H2,1-5H3,(H,23,24,26). The second-order valence-corrected chi connectivity index (χ2v) is 10.1. The zero-order valence-corrected chi connectivity index (χ0v) is 18.5. The quantitative estimate of drug-likeness (QED) is 0.413. The Morgan fingerprint density at radius 3 is 2.46 bits per heavy atom. The summed E-state index contributed by atoms with van der Waals surface area (Å²) in [7, 11) is 0. The van der Waals surface area contributed by atoms with Crippen molar-refractivity contribution < 1.29 is 4.79 Å². The fourth-order valence-corrected chi connectivity index (χ4v) is 4.52. The number of nitrogens with zero attached hydrogens (tertiary/aromatic N) is 2. The van der Waals surface area contributed by atoms with Crippen LogP contribution < -0.4 is 5.32 Å². The molecule has 0 aliphatic carbocycles. The van der Waals surface area contributed by atoms with Gasteiger partial charge in [-0.15, -0.1) is 10.2 Å². The number of aromatic nitrogens is 2. The van der Waals surface area contributed by atoms with Crippen molar-refractivity contribution in [2.24, 2.45) is 0 Å². The number of carbonyl (C=O) groups is 1. The maximum Gasteiger partial charge on any atom is 0.257 e. The Bertz CT molecular complexity index is 972. The van der Waals surface area contributed by atoms with Crippen molar-refractivity contribution in [1.82, 2.24) is 10.2 Å². The smallest absolute Gasteiger partial charge is 0.257 e. The molecule has 0 aliphatic rings. The predicted octanol–water partition coefficient (Wildman–Crippen LogP) is 6.00. The van der Waals surface area contributed by atoms with E-state index in [0.717, 1.165) is 10.1 Å². The number of aryl methyl sites for hydroxylation is 2. The topological polar surface area (TPSA) is 54.9 Å². The third kappa shape index (κ3) is 5.20. The number of benzene rings is 2. The number of hydrogen-bond acceptors (Lipinski definition) is 5. The van der Waals surface area contributed by atoms with E-state index in [1.807, 2.05) is 24.3 Å². The van der Waals surface area contributed by atoms with Crippen molar-refractivity contribution in [2.75, 3.05) is 5.32 Å². The molecule has 0 unspecified atom stereocenters. The first-order chi connectivity index (χ1) is 13.2. The van der Waals surface area contributed by atoms with Gasteiger partial charge in [0.15, 0.2) is 4.34 Å². The van der Waals surface area contributed by atoms with Crippen molar-refractivity contribution in [2.45, 2.75) is 50.1 Å². The van der Waals surface area contributed by atoms with E-state index in [1.54, 1.807) is 11.8 Å². The largest absolute Gasteiger partial charge is 0.296 e. The summed E-state index contributed by atoms with van der Waals surface area (Å²) in [5.41, 5.74) is 5.71. The summed E-state index contributed by atoms with van der Waals surface area (Å²) in [6.45, 7) is 10.7. The minimum absolute atomic E-state index is 0.0655. The second-order valence-electron chi connectivity index (χ2n) is 7.87. The highest BCUT2D eigenvalue weighted by molar-refractivity contribution is 8.00. The van der Waals surface area contributed by atoms with Crippen molar-refractivity contribution >= 4 is 34.1 Å². The van der Waals surface area contributed by atoms with E-state index in [1.165, 1.54) is 33.6 Å². The molecule has 0 saturated carbocycles. The second kappa shape index (κ2) is 8.45. The number of hydrogen-bond donors (Lipinski definition) is 1. The van der Waals surface area contributed by atoms with Gasteiger partial charge in [-0.05, 0) is 48.1 Å². The first-order valence-electron chi connectivity index (χ1n) is 9.17. The van der Waals surface area contributed by atoms with Gasteiger partial charge in [-0.25, -0.2) is 0 Å². The first-order valence-corrected chi connectivity index (χ1v) is 11.0. The summed E-state index contributed by atoms with van der Waals surface area (Å²) >= 11 is 3.04. The van der Waals surface area contributed by atoms with Crippen molar-refractivity contribution in [3.63, 3.8) is 0 Å². The summed E-state index contributed by atoms with van der Waals surface area (Å²) in [4.78, 5) is 12.5. The maximum absolute atomic E-state index is 12.5. The molecular weight excluding hydrogens is 386 g/mol. The van der Waals surface area contributed by atoms with E-state index in [4.69, 9.17) is 0 Å². The van der Waals surface area contributed by atoms with Crippen LogP contribution in [0.2, 0.25) is 0 Å². The average molecular weight is 412 g/mol. The molecule has 3 rings (SSSR count). The van der Waals surface area contributed by atoms with Gasteiger partial charge < -0.3 is 0 Å². The normalized spacial score (nSPS) is 11.5. The molecule has 0 spiro atoms. The summed E-state index contributed by atoms with van der Waals surface area (Å²) in [6, 6.07) is 14.2. The summed E-state index contributed by atoms with van der Waals surface area (Å²) in [5.74, 6) is 0.673. The van der Waals surface area contributed by atoms with Gasteiger partial charge in [0.05, 0.1) is 0 Å². The molecule has 3 aromatic rings. The summed E-state index contributed by atoms with van der Waals surface area (Å²) in [6.07, 6.45) is 0. The molecule has 1 N–H and O–H groups in total. The van der Waals surface area contributed by atoms with E-state index in [9.17, 15) is 4.79 Å². The molecule has 0 aliphatic heterocycles. The highest BCUT2D eigenvalue weighted by atomic mass is 32.2. The van der Waals surface area contributed by atoms with Crippen LogP contribution in [-0.4, -0.2) is 16.1 Å². The first kappa shape index (κ1) is 20.6. The lowest BCUT2D eigenvalue weighted by atomic mass is 9.87. The molecule has 1 heterocycles. The monoisotopic (exact) mass is 411 g/mol. The number of thioether (sulfide) groups is 1. The van der Waals surface area contributed by atoms with Crippen LogP contribution in [0, 0.1) is 13.8 Å². The molecule has 4 nitrogen and oxygen atoms in total. The van der Waals surface area contributed by atoms with Crippen LogP contribution in [0.5, 0.6) is 0 Å². The van der Waals surface area contributed by atoms with E-state index in [-0.39, 0.29) is 11.3 Å². The molecule has 1 aromatic heterocycles. The Morgan fingerprint density at radius 2 is 1.79 bits per heavy atom. The molecule has 0 fully saturated rings. The SMILES string of the molecule is Cc1ccc(C)c(CSc2nnc(NC(=O)c3ccc(C(C)(C)C)cc3)s2)c1. The number of carbonyl (C=O) groups excluding carboxylic acids is 1. The molecule has 1 amide bonds. The Morgan fingerprint density at radius 1 is 1.07 bits per heavy atom. The third-order valence-electron chi connectivity index (χ3n) is 4.50. The lowest BCUT2D eigenvalue weighted by Gasteiger charge is -2.18. The molecule has 0 bridgehead atoms.